The summed E-state index contributed by atoms with van der Waals surface area (Å²) in [5.41, 5.74) is 4.25. The van der Waals surface area contributed by atoms with E-state index in [9.17, 15) is 0 Å². The third-order valence-corrected chi connectivity index (χ3v) is 4.38. The molecule has 0 spiro atoms. The first-order valence-corrected chi connectivity index (χ1v) is 9.26. The first-order chi connectivity index (χ1) is 13.0. The van der Waals surface area contributed by atoms with Crippen molar-refractivity contribution < 1.29 is 0 Å². The molecule has 0 saturated carbocycles. The molecule has 3 rings (SSSR count). The molecule has 0 aliphatic heterocycles. The summed E-state index contributed by atoms with van der Waals surface area (Å²) >= 11 is 5.93. The summed E-state index contributed by atoms with van der Waals surface area (Å²) in [7, 11) is 4.04. The van der Waals surface area contributed by atoms with Gasteiger partial charge in [-0.05, 0) is 55.3 Å². The summed E-state index contributed by atoms with van der Waals surface area (Å²) in [5.74, 6) is 1.39. The van der Waals surface area contributed by atoms with Crippen LogP contribution in [0.4, 0.5) is 23.1 Å². The molecule has 0 aliphatic carbocycles. The number of aryl methyl sites for hydroxylation is 1. The van der Waals surface area contributed by atoms with E-state index >= 15 is 0 Å². The molecule has 0 fully saturated rings. The number of halogens is 1. The van der Waals surface area contributed by atoms with E-state index in [0.717, 1.165) is 40.9 Å². The van der Waals surface area contributed by atoms with E-state index in [2.05, 4.69) is 37.6 Å². The van der Waals surface area contributed by atoms with Crippen LogP contribution in [0, 0.1) is 6.92 Å². The third kappa shape index (κ3) is 5.59. The zero-order chi connectivity index (χ0) is 19.2. The van der Waals surface area contributed by atoms with E-state index < -0.39 is 0 Å². The molecule has 3 aromatic rings. The lowest BCUT2D eigenvalue weighted by Crippen LogP contribution is -2.09. The van der Waals surface area contributed by atoms with Gasteiger partial charge in [-0.15, -0.1) is 0 Å². The van der Waals surface area contributed by atoms with Crippen LogP contribution in [0.25, 0.3) is 0 Å². The normalized spacial score (nSPS) is 10.5. The van der Waals surface area contributed by atoms with Gasteiger partial charge in [0.1, 0.15) is 5.82 Å². The lowest BCUT2D eigenvalue weighted by molar-refractivity contribution is 0.995. The summed E-state index contributed by atoms with van der Waals surface area (Å²) in [6.07, 6.45) is 0.898. The maximum absolute atomic E-state index is 5.93. The zero-order valence-electron chi connectivity index (χ0n) is 15.8. The van der Waals surface area contributed by atoms with Gasteiger partial charge in [0.2, 0.25) is 5.95 Å². The van der Waals surface area contributed by atoms with Gasteiger partial charge in [-0.1, -0.05) is 23.7 Å². The fourth-order valence-electron chi connectivity index (χ4n) is 2.67. The van der Waals surface area contributed by atoms with Crippen molar-refractivity contribution in [1.82, 2.24) is 9.97 Å². The summed E-state index contributed by atoms with van der Waals surface area (Å²) in [5, 5.41) is 7.40. The van der Waals surface area contributed by atoms with Gasteiger partial charge in [-0.2, -0.15) is 4.98 Å². The molecule has 27 heavy (non-hydrogen) atoms. The summed E-state index contributed by atoms with van der Waals surface area (Å²) in [4.78, 5) is 11.1. The molecule has 0 saturated heterocycles. The molecule has 140 valence electrons. The van der Waals surface area contributed by atoms with E-state index in [1.54, 1.807) is 0 Å². The predicted molar refractivity (Wildman–Crippen MR) is 114 cm³/mol. The Balaban J connectivity index is 1.62. The SMILES string of the molecule is Cc1cc(NCCc2ccc(Cl)cc2)nc(Nc2ccc(N(C)C)cc2)n1. The number of nitrogens with zero attached hydrogens (tertiary/aromatic N) is 3. The molecule has 1 aromatic heterocycles. The Morgan fingerprint density at radius 2 is 1.67 bits per heavy atom. The monoisotopic (exact) mass is 381 g/mol. The van der Waals surface area contributed by atoms with Gasteiger partial charge in [0.05, 0.1) is 0 Å². The minimum Gasteiger partial charge on any atom is -0.378 e. The summed E-state index contributed by atoms with van der Waals surface area (Å²) < 4.78 is 0. The van der Waals surface area contributed by atoms with Crippen molar-refractivity contribution >= 4 is 34.7 Å². The van der Waals surface area contributed by atoms with Gasteiger partial charge in [-0.3, -0.25) is 0 Å². The average molecular weight is 382 g/mol. The second kappa shape index (κ2) is 8.73. The Labute approximate surface area is 165 Å². The second-order valence-electron chi connectivity index (χ2n) is 6.59. The molecule has 0 unspecified atom stereocenters. The van der Waals surface area contributed by atoms with Gasteiger partial charge in [-0.25, -0.2) is 4.98 Å². The fraction of sp³-hybridized carbons (Fsp3) is 0.238. The molecule has 0 bridgehead atoms. The van der Waals surface area contributed by atoms with Crippen LogP contribution < -0.4 is 15.5 Å². The zero-order valence-corrected chi connectivity index (χ0v) is 16.6. The number of nitrogens with one attached hydrogen (secondary N) is 2. The Hall–Kier alpha value is -2.79. The van der Waals surface area contributed by atoms with Crippen LogP contribution in [-0.4, -0.2) is 30.6 Å². The van der Waals surface area contributed by atoms with Crippen molar-refractivity contribution in [1.29, 1.82) is 0 Å². The molecule has 0 amide bonds. The van der Waals surface area contributed by atoms with E-state index in [4.69, 9.17) is 11.6 Å². The van der Waals surface area contributed by atoms with Crippen molar-refractivity contribution in [2.75, 3.05) is 36.2 Å². The van der Waals surface area contributed by atoms with Crippen LogP contribution in [0.15, 0.2) is 54.6 Å². The highest BCUT2D eigenvalue weighted by molar-refractivity contribution is 6.30. The molecule has 0 aliphatic rings. The van der Waals surface area contributed by atoms with Crippen LogP contribution in [0.5, 0.6) is 0 Å². The Morgan fingerprint density at radius 3 is 2.33 bits per heavy atom. The first kappa shape index (κ1) is 19.0. The van der Waals surface area contributed by atoms with Gasteiger partial charge in [0.25, 0.3) is 0 Å². The Morgan fingerprint density at radius 1 is 0.963 bits per heavy atom. The maximum atomic E-state index is 5.93. The first-order valence-electron chi connectivity index (χ1n) is 8.88. The number of rotatable bonds is 7. The lowest BCUT2D eigenvalue weighted by atomic mass is 10.1. The van der Waals surface area contributed by atoms with Crippen LogP contribution in [0.2, 0.25) is 5.02 Å². The highest BCUT2D eigenvalue weighted by Gasteiger charge is 2.04. The molecule has 2 N–H and O–H groups in total. The van der Waals surface area contributed by atoms with Crippen molar-refractivity contribution in [3.05, 3.63) is 70.9 Å². The van der Waals surface area contributed by atoms with Crippen LogP contribution in [0.3, 0.4) is 0 Å². The fourth-order valence-corrected chi connectivity index (χ4v) is 2.80. The summed E-state index contributed by atoms with van der Waals surface area (Å²) in [6.45, 7) is 2.75. The molecule has 0 atom stereocenters. The number of hydrogen-bond acceptors (Lipinski definition) is 5. The second-order valence-corrected chi connectivity index (χ2v) is 7.02. The summed E-state index contributed by atoms with van der Waals surface area (Å²) in [6, 6.07) is 18.0. The van der Waals surface area contributed by atoms with Crippen molar-refractivity contribution in [2.45, 2.75) is 13.3 Å². The molecule has 1 heterocycles. The molecular weight excluding hydrogens is 358 g/mol. The van der Waals surface area contributed by atoms with Gasteiger partial charge in [0.15, 0.2) is 0 Å². The highest BCUT2D eigenvalue weighted by Crippen LogP contribution is 2.19. The smallest absolute Gasteiger partial charge is 0.229 e. The molecule has 6 heteroatoms. The van der Waals surface area contributed by atoms with Crippen LogP contribution in [-0.2, 0) is 6.42 Å². The van der Waals surface area contributed by atoms with Gasteiger partial charge < -0.3 is 15.5 Å². The molecule has 2 aromatic carbocycles. The number of benzene rings is 2. The van der Waals surface area contributed by atoms with E-state index in [0.29, 0.717) is 5.95 Å². The van der Waals surface area contributed by atoms with E-state index in [1.165, 1.54) is 5.56 Å². The Bertz CT molecular complexity index is 876. The molecule has 0 radical (unpaired) electrons. The van der Waals surface area contributed by atoms with Gasteiger partial charge >= 0.3 is 0 Å². The van der Waals surface area contributed by atoms with Gasteiger partial charge in [0, 0.05) is 48.8 Å². The van der Waals surface area contributed by atoms with Crippen molar-refractivity contribution in [2.24, 2.45) is 0 Å². The topological polar surface area (TPSA) is 53.1 Å². The highest BCUT2D eigenvalue weighted by atomic mass is 35.5. The standard InChI is InChI=1S/C21H24ClN5/c1-15-14-20(23-13-12-16-4-6-17(22)7-5-16)26-21(24-15)25-18-8-10-19(11-9-18)27(2)3/h4-11,14H,12-13H2,1-3H3,(H2,23,24,25,26). The molecular formula is C21H24ClN5. The van der Waals surface area contributed by atoms with Crippen LogP contribution in [0.1, 0.15) is 11.3 Å². The Kier molecular flexibility index (Phi) is 6.14. The third-order valence-electron chi connectivity index (χ3n) is 4.13. The maximum Gasteiger partial charge on any atom is 0.229 e. The largest absolute Gasteiger partial charge is 0.378 e. The lowest BCUT2D eigenvalue weighted by Gasteiger charge is -2.13. The van der Waals surface area contributed by atoms with E-state index in [-0.39, 0.29) is 0 Å². The van der Waals surface area contributed by atoms with E-state index in [1.807, 2.05) is 63.5 Å². The number of hydrogen-bond donors (Lipinski definition) is 2. The molecule has 5 nitrogen and oxygen atoms in total. The average Bonchev–Trinajstić information content (AvgIpc) is 2.63. The van der Waals surface area contributed by atoms with Crippen molar-refractivity contribution in [3.63, 3.8) is 0 Å². The minimum absolute atomic E-state index is 0.585. The quantitative estimate of drug-likeness (QED) is 0.609. The van der Waals surface area contributed by atoms with Crippen LogP contribution >= 0.6 is 11.6 Å². The number of anilines is 4. The number of aromatic nitrogens is 2. The minimum atomic E-state index is 0.585. The predicted octanol–water partition coefficient (Wildman–Crippen LogP) is 4.90. The van der Waals surface area contributed by atoms with Crippen molar-refractivity contribution in [3.8, 4) is 0 Å².